The van der Waals surface area contributed by atoms with E-state index in [2.05, 4.69) is 9.72 Å². The van der Waals surface area contributed by atoms with Gasteiger partial charge in [0.25, 0.3) is 0 Å². The zero-order valence-corrected chi connectivity index (χ0v) is 8.66. The predicted molar refractivity (Wildman–Crippen MR) is 52.8 cm³/mol. The molecule has 1 aromatic heterocycles. The van der Waals surface area contributed by atoms with Crippen molar-refractivity contribution in [2.75, 3.05) is 7.11 Å². The van der Waals surface area contributed by atoms with E-state index in [1.807, 2.05) is 0 Å². The molecule has 2 N–H and O–H groups in total. The molecule has 0 saturated heterocycles. The molecular weight excluding hydrogens is 198 g/mol. The molecule has 5 nitrogen and oxygen atoms in total. The van der Waals surface area contributed by atoms with Gasteiger partial charge in [-0.1, -0.05) is 0 Å². The Bertz CT molecular complexity index is 381. The van der Waals surface area contributed by atoms with Crippen LogP contribution in [0, 0.1) is 6.92 Å². The minimum absolute atomic E-state index is 0.176. The van der Waals surface area contributed by atoms with E-state index in [0.29, 0.717) is 12.0 Å². The third kappa shape index (κ3) is 2.59. The van der Waals surface area contributed by atoms with Gasteiger partial charge in [0.05, 0.1) is 7.11 Å². The summed E-state index contributed by atoms with van der Waals surface area (Å²) < 4.78 is 4.50. The minimum Gasteiger partial charge on any atom is -0.477 e. The molecule has 0 fully saturated rings. The average molecular weight is 211 g/mol. The van der Waals surface area contributed by atoms with E-state index in [4.69, 9.17) is 5.11 Å². The summed E-state index contributed by atoms with van der Waals surface area (Å²) >= 11 is 0. The Labute approximate surface area is 87.1 Å². The molecule has 1 aromatic rings. The van der Waals surface area contributed by atoms with Gasteiger partial charge in [-0.25, -0.2) is 4.79 Å². The van der Waals surface area contributed by atoms with Crippen LogP contribution in [0.1, 0.15) is 28.0 Å². The number of aromatic nitrogens is 1. The van der Waals surface area contributed by atoms with Crippen molar-refractivity contribution in [3.05, 3.63) is 23.0 Å². The lowest BCUT2D eigenvalue weighted by Crippen LogP contribution is -2.03. The first kappa shape index (κ1) is 11.3. The van der Waals surface area contributed by atoms with Crippen molar-refractivity contribution in [1.82, 2.24) is 4.98 Å². The summed E-state index contributed by atoms with van der Waals surface area (Å²) in [6.45, 7) is 1.71. The molecule has 0 unspecified atom stereocenters. The maximum absolute atomic E-state index is 10.9. The van der Waals surface area contributed by atoms with E-state index in [1.165, 1.54) is 7.11 Å². The van der Waals surface area contributed by atoms with Crippen LogP contribution in [0.25, 0.3) is 0 Å². The summed E-state index contributed by atoms with van der Waals surface area (Å²) in [5.74, 6) is -1.29. The number of ether oxygens (including phenoxy) is 1. The van der Waals surface area contributed by atoms with E-state index in [9.17, 15) is 9.59 Å². The number of carbonyl (C=O) groups is 2. The van der Waals surface area contributed by atoms with Crippen LogP contribution in [-0.4, -0.2) is 29.1 Å². The minimum atomic E-state index is -0.989. The lowest BCUT2D eigenvalue weighted by atomic mass is 10.1. The van der Waals surface area contributed by atoms with Crippen LogP contribution in [0.4, 0.5) is 0 Å². The number of nitrogens with one attached hydrogen (secondary N) is 1. The fraction of sp³-hybridized carbons (Fsp3) is 0.400. The molecule has 0 aliphatic carbocycles. The standard InChI is InChI=1S/C10H13NO4/c1-6-7(3-4-8(12)15-2)5-11-9(6)10(13)14/h5,11H,3-4H2,1-2H3,(H,13,14). The summed E-state index contributed by atoms with van der Waals surface area (Å²) in [6, 6.07) is 0. The molecule has 0 radical (unpaired) electrons. The number of aromatic amines is 1. The second-order valence-electron chi connectivity index (χ2n) is 3.20. The van der Waals surface area contributed by atoms with Crippen LogP contribution in [0.5, 0.6) is 0 Å². The van der Waals surface area contributed by atoms with E-state index in [-0.39, 0.29) is 18.1 Å². The van der Waals surface area contributed by atoms with Crippen molar-refractivity contribution in [2.45, 2.75) is 19.8 Å². The van der Waals surface area contributed by atoms with Gasteiger partial charge in [-0.05, 0) is 24.5 Å². The number of aromatic carboxylic acids is 1. The number of rotatable bonds is 4. The normalized spacial score (nSPS) is 10.0. The predicted octanol–water partition coefficient (Wildman–Crippen LogP) is 1.13. The maximum Gasteiger partial charge on any atom is 0.352 e. The van der Waals surface area contributed by atoms with Crippen molar-refractivity contribution in [3.8, 4) is 0 Å². The molecule has 0 bridgehead atoms. The van der Waals surface area contributed by atoms with Crippen molar-refractivity contribution in [1.29, 1.82) is 0 Å². The molecule has 1 rings (SSSR count). The first-order valence-electron chi connectivity index (χ1n) is 4.53. The van der Waals surface area contributed by atoms with Crippen molar-refractivity contribution >= 4 is 11.9 Å². The molecule has 0 spiro atoms. The number of carboxylic acid groups (broad SMARTS) is 1. The van der Waals surface area contributed by atoms with Crippen LogP contribution in [0.2, 0.25) is 0 Å². The number of methoxy groups -OCH3 is 1. The first-order valence-corrected chi connectivity index (χ1v) is 4.53. The molecule has 5 heteroatoms. The topological polar surface area (TPSA) is 79.4 Å². The summed E-state index contributed by atoms with van der Waals surface area (Å²) in [5, 5.41) is 8.78. The van der Waals surface area contributed by atoms with Gasteiger partial charge in [-0.3, -0.25) is 4.79 Å². The fourth-order valence-corrected chi connectivity index (χ4v) is 1.36. The van der Waals surface area contributed by atoms with E-state index in [0.717, 1.165) is 5.56 Å². The molecule has 0 aromatic carbocycles. The third-order valence-electron chi connectivity index (χ3n) is 2.29. The molecule has 0 atom stereocenters. The van der Waals surface area contributed by atoms with Gasteiger partial charge in [0.1, 0.15) is 5.69 Å². The van der Waals surface area contributed by atoms with E-state index < -0.39 is 5.97 Å². The van der Waals surface area contributed by atoms with Crippen LogP contribution in [-0.2, 0) is 16.0 Å². The second-order valence-corrected chi connectivity index (χ2v) is 3.20. The second kappa shape index (κ2) is 4.63. The van der Waals surface area contributed by atoms with Gasteiger partial charge in [0.2, 0.25) is 0 Å². The highest BCUT2D eigenvalue weighted by Crippen LogP contribution is 2.14. The quantitative estimate of drug-likeness (QED) is 0.731. The molecular formula is C10H13NO4. The van der Waals surface area contributed by atoms with Gasteiger partial charge in [0.15, 0.2) is 0 Å². The third-order valence-corrected chi connectivity index (χ3v) is 2.29. The van der Waals surface area contributed by atoms with Gasteiger partial charge in [-0.15, -0.1) is 0 Å². The van der Waals surface area contributed by atoms with Gasteiger partial charge in [0, 0.05) is 12.6 Å². The SMILES string of the molecule is COC(=O)CCc1c[nH]c(C(=O)O)c1C. The highest BCUT2D eigenvalue weighted by atomic mass is 16.5. The number of esters is 1. The zero-order chi connectivity index (χ0) is 11.4. The molecule has 0 saturated carbocycles. The highest BCUT2D eigenvalue weighted by molar-refractivity contribution is 5.87. The number of hydrogen-bond acceptors (Lipinski definition) is 3. The molecule has 0 aliphatic rings. The van der Waals surface area contributed by atoms with Crippen molar-refractivity contribution in [2.24, 2.45) is 0 Å². The number of H-pyrrole nitrogens is 1. The van der Waals surface area contributed by atoms with Gasteiger partial charge >= 0.3 is 11.9 Å². The van der Waals surface area contributed by atoms with E-state index in [1.54, 1.807) is 13.1 Å². The van der Waals surface area contributed by atoms with Crippen LogP contribution in [0.3, 0.4) is 0 Å². The first-order chi connectivity index (χ1) is 7.06. The molecule has 82 valence electrons. The molecule has 0 aliphatic heterocycles. The monoisotopic (exact) mass is 211 g/mol. The van der Waals surface area contributed by atoms with Gasteiger partial charge < -0.3 is 14.8 Å². The average Bonchev–Trinajstić information content (AvgIpc) is 2.56. The molecule has 15 heavy (non-hydrogen) atoms. The highest BCUT2D eigenvalue weighted by Gasteiger charge is 2.13. The largest absolute Gasteiger partial charge is 0.477 e. The zero-order valence-electron chi connectivity index (χ0n) is 8.66. The Hall–Kier alpha value is -1.78. The fourth-order valence-electron chi connectivity index (χ4n) is 1.36. The number of hydrogen-bond donors (Lipinski definition) is 2. The smallest absolute Gasteiger partial charge is 0.352 e. The van der Waals surface area contributed by atoms with Crippen molar-refractivity contribution in [3.63, 3.8) is 0 Å². The van der Waals surface area contributed by atoms with Crippen molar-refractivity contribution < 1.29 is 19.4 Å². The lowest BCUT2D eigenvalue weighted by molar-refractivity contribution is -0.140. The lowest BCUT2D eigenvalue weighted by Gasteiger charge is -1.99. The Morgan fingerprint density at radius 1 is 1.53 bits per heavy atom. The Kier molecular flexibility index (Phi) is 3.49. The summed E-state index contributed by atoms with van der Waals surface area (Å²) in [4.78, 5) is 24.3. The summed E-state index contributed by atoms with van der Waals surface area (Å²) in [6.07, 6.45) is 2.36. The van der Waals surface area contributed by atoms with Crippen LogP contribution >= 0.6 is 0 Å². The van der Waals surface area contributed by atoms with E-state index >= 15 is 0 Å². The summed E-state index contributed by atoms with van der Waals surface area (Å²) in [5.41, 5.74) is 1.68. The Morgan fingerprint density at radius 3 is 2.67 bits per heavy atom. The van der Waals surface area contributed by atoms with Crippen LogP contribution < -0.4 is 0 Å². The Balaban J connectivity index is 2.71. The maximum atomic E-state index is 10.9. The van der Waals surface area contributed by atoms with Gasteiger partial charge in [-0.2, -0.15) is 0 Å². The van der Waals surface area contributed by atoms with Crippen LogP contribution in [0.15, 0.2) is 6.20 Å². The molecule has 1 heterocycles. The molecule has 0 amide bonds. The summed E-state index contributed by atoms with van der Waals surface area (Å²) in [7, 11) is 1.33. The number of carbonyl (C=O) groups excluding carboxylic acids is 1. The Morgan fingerprint density at radius 2 is 2.20 bits per heavy atom. The number of aryl methyl sites for hydroxylation is 1. The number of carboxylic acids is 1.